The summed E-state index contributed by atoms with van der Waals surface area (Å²) in [5, 5.41) is 9.90. The molecule has 1 atom stereocenters. The number of carbonyl (C=O) groups is 3. The predicted octanol–water partition coefficient (Wildman–Crippen LogP) is 8.09. The number of amides is 3. The van der Waals surface area contributed by atoms with Crippen LogP contribution in [0.25, 0.3) is 22.4 Å². The van der Waals surface area contributed by atoms with E-state index in [1.165, 1.54) is 0 Å². The fourth-order valence-corrected chi connectivity index (χ4v) is 8.24. The van der Waals surface area contributed by atoms with E-state index in [1.54, 1.807) is 48.5 Å². The maximum atomic E-state index is 15.9. The van der Waals surface area contributed by atoms with Crippen molar-refractivity contribution in [3.63, 3.8) is 0 Å². The maximum absolute atomic E-state index is 15.9. The number of hydrogen-bond donors (Lipinski definition) is 3. The van der Waals surface area contributed by atoms with Crippen LogP contribution in [-0.4, -0.2) is 76.6 Å². The zero-order valence-corrected chi connectivity index (χ0v) is 33.3. The van der Waals surface area contributed by atoms with Crippen LogP contribution < -0.4 is 20.7 Å². The van der Waals surface area contributed by atoms with E-state index in [1.807, 2.05) is 51.1 Å². The van der Waals surface area contributed by atoms with E-state index >= 15 is 4.39 Å². The van der Waals surface area contributed by atoms with Crippen molar-refractivity contribution in [2.24, 2.45) is 0 Å². The highest BCUT2D eigenvalue weighted by atomic mass is 35.5. The van der Waals surface area contributed by atoms with Gasteiger partial charge in [0.05, 0.1) is 46.3 Å². The average molecular weight is 804 g/mol. The first-order valence-corrected chi connectivity index (χ1v) is 19.4. The lowest BCUT2D eigenvalue weighted by molar-refractivity contribution is -0.121. The molecular formula is C42H45Cl2FN6O5. The summed E-state index contributed by atoms with van der Waals surface area (Å²) in [5.74, 6) is 0.188. The molecule has 3 aliphatic heterocycles. The molecule has 3 N–H and O–H groups in total. The van der Waals surface area contributed by atoms with Crippen LogP contribution in [0, 0.1) is 5.82 Å². The van der Waals surface area contributed by atoms with Crippen LogP contribution in [0.4, 0.5) is 20.6 Å². The van der Waals surface area contributed by atoms with Gasteiger partial charge >= 0.3 is 6.09 Å². The summed E-state index contributed by atoms with van der Waals surface area (Å²) in [6.45, 7) is 7.72. The van der Waals surface area contributed by atoms with Crippen LogP contribution >= 0.6 is 23.2 Å². The Bertz CT molecular complexity index is 2170. The lowest BCUT2D eigenvalue weighted by atomic mass is 9.88. The van der Waals surface area contributed by atoms with E-state index in [-0.39, 0.29) is 48.0 Å². The molecule has 0 bridgehead atoms. The van der Waals surface area contributed by atoms with Gasteiger partial charge in [0.1, 0.15) is 11.4 Å². The summed E-state index contributed by atoms with van der Waals surface area (Å²) in [4.78, 5) is 45.3. The minimum Gasteiger partial charge on any atom is -0.496 e. The van der Waals surface area contributed by atoms with Crippen molar-refractivity contribution >= 4 is 52.5 Å². The Labute approximate surface area is 335 Å². The number of nitrogens with one attached hydrogen (secondary N) is 3. The molecule has 1 spiro atoms. The van der Waals surface area contributed by atoms with Crippen molar-refractivity contribution < 1.29 is 28.2 Å². The van der Waals surface area contributed by atoms with Gasteiger partial charge in [-0.1, -0.05) is 59.6 Å². The smallest absolute Gasteiger partial charge is 0.410 e. The highest BCUT2D eigenvalue weighted by Gasteiger charge is 2.47. The SMILES string of the molecule is COc1cc(-c2nccc(-c3cccc(Nc4cccc(CN5CC6(CCC(=O)N6)C5)c4F)c3Cl)c2Cl)ccc1CN(C[C@@H]1CCC(=O)N1)C(=O)OC(C)(C)C. The number of anilines is 2. The molecular weight excluding hydrogens is 758 g/mol. The summed E-state index contributed by atoms with van der Waals surface area (Å²) in [7, 11) is 1.55. The van der Waals surface area contributed by atoms with Crippen molar-refractivity contribution in [3.8, 4) is 28.1 Å². The lowest BCUT2D eigenvalue weighted by Crippen LogP contribution is -2.66. The fraction of sp³-hybridized carbons (Fsp3) is 0.381. The topological polar surface area (TPSA) is 125 Å². The van der Waals surface area contributed by atoms with Crippen LogP contribution in [0.5, 0.6) is 5.75 Å². The molecule has 14 heteroatoms. The third-order valence-electron chi connectivity index (χ3n) is 10.3. The second-order valence-electron chi connectivity index (χ2n) is 15.8. The monoisotopic (exact) mass is 802 g/mol. The van der Waals surface area contributed by atoms with E-state index in [9.17, 15) is 14.4 Å². The second kappa shape index (κ2) is 15.9. The van der Waals surface area contributed by atoms with E-state index < -0.39 is 11.7 Å². The van der Waals surface area contributed by atoms with Gasteiger partial charge in [-0.2, -0.15) is 0 Å². The Morgan fingerprint density at radius 2 is 1.75 bits per heavy atom. The molecule has 0 saturated carbocycles. The molecule has 56 heavy (non-hydrogen) atoms. The van der Waals surface area contributed by atoms with Crippen LogP contribution in [0.2, 0.25) is 10.0 Å². The Balaban J connectivity index is 1.10. The highest BCUT2D eigenvalue weighted by Crippen LogP contribution is 2.42. The molecule has 3 fully saturated rings. The summed E-state index contributed by atoms with van der Waals surface area (Å²) >= 11 is 14.1. The molecule has 0 radical (unpaired) electrons. The van der Waals surface area contributed by atoms with E-state index in [2.05, 4.69) is 25.8 Å². The second-order valence-corrected chi connectivity index (χ2v) is 16.5. The van der Waals surface area contributed by atoms with Gasteiger partial charge in [-0.3, -0.25) is 19.5 Å². The van der Waals surface area contributed by atoms with Crippen LogP contribution in [-0.2, 0) is 27.4 Å². The van der Waals surface area contributed by atoms with Crippen molar-refractivity contribution in [1.82, 2.24) is 25.4 Å². The summed E-state index contributed by atoms with van der Waals surface area (Å²) in [6.07, 6.45) is 3.55. The molecule has 4 aromatic rings. The first-order valence-electron chi connectivity index (χ1n) is 18.7. The first kappa shape index (κ1) is 39.3. The minimum atomic E-state index is -0.703. The van der Waals surface area contributed by atoms with Gasteiger partial charge in [-0.15, -0.1) is 0 Å². The molecule has 3 saturated heterocycles. The molecule has 4 heterocycles. The maximum Gasteiger partial charge on any atom is 0.410 e. The summed E-state index contributed by atoms with van der Waals surface area (Å²) in [5.41, 5.74) is 3.61. The molecule has 7 rings (SSSR count). The standard InChI is InChI=1S/C42H45Cl2FN6O5/c1-41(2,3)56-40(54)51(22-28-13-14-34(52)47-28)21-26-12-11-25(19-33(26)55-4)39-37(44)30(16-18-46-39)29-8-6-9-31(36(29)43)48-32-10-5-7-27(38(32)45)20-50-23-42(24-50)17-15-35(53)49-42/h5-12,16,18-19,28,48H,13-15,17,20-24H2,1-4H3,(H,47,52)(H,49,53)/t28-/m0/s1. The van der Waals surface area contributed by atoms with Crippen molar-refractivity contribution in [3.05, 3.63) is 93.8 Å². The number of likely N-dealkylation sites (tertiary alicyclic amines) is 1. The van der Waals surface area contributed by atoms with Crippen LogP contribution in [0.1, 0.15) is 57.6 Å². The Hall–Kier alpha value is -4.91. The first-order chi connectivity index (χ1) is 26.7. The molecule has 3 amide bonds. The number of rotatable bonds is 11. The molecule has 0 aliphatic carbocycles. The Morgan fingerprint density at radius 1 is 1.00 bits per heavy atom. The number of carbonyl (C=O) groups excluding carboxylic acids is 3. The average Bonchev–Trinajstić information content (AvgIpc) is 3.74. The van der Waals surface area contributed by atoms with Gasteiger partial charge in [0.15, 0.2) is 5.82 Å². The van der Waals surface area contributed by atoms with E-state index in [0.29, 0.717) is 88.3 Å². The van der Waals surface area contributed by atoms with Crippen molar-refractivity contribution in [2.45, 2.75) is 76.7 Å². The number of pyridine rings is 1. The largest absolute Gasteiger partial charge is 0.496 e. The van der Waals surface area contributed by atoms with E-state index in [0.717, 1.165) is 12.0 Å². The molecule has 0 unspecified atom stereocenters. The van der Waals surface area contributed by atoms with Gasteiger partial charge in [0, 0.05) is 79.1 Å². The summed E-state index contributed by atoms with van der Waals surface area (Å²) < 4.78 is 27.4. The van der Waals surface area contributed by atoms with Gasteiger partial charge in [0.25, 0.3) is 0 Å². The Morgan fingerprint density at radius 3 is 2.45 bits per heavy atom. The predicted molar refractivity (Wildman–Crippen MR) is 215 cm³/mol. The molecule has 3 aliphatic rings. The fourth-order valence-electron chi connectivity index (χ4n) is 7.64. The normalized spacial score (nSPS) is 17.7. The number of benzene rings is 3. The number of nitrogens with zero attached hydrogens (tertiary/aromatic N) is 3. The van der Waals surface area contributed by atoms with E-state index in [4.69, 9.17) is 32.7 Å². The molecule has 294 valence electrons. The Kier molecular flexibility index (Phi) is 11.2. The van der Waals surface area contributed by atoms with Crippen LogP contribution in [0.3, 0.4) is 0 Å². The zero-order valence-electron chi connectivity index (χ0n) is 31.8. The van der Waals surface area contributed by atoms with Crippen molar-refractivity contribution in [2.75, 3.05) is 32.1 Å². The van der Waals surface area contributed by atoms with Gasteiger partial charge in [-0.05, 0) is 57.9 Å². The third-order valence-corrected chi connectivity index (χ3v) is 11.1. The highest BCUT2D eigenvalue weighted by molar-refractivity contribution is 6.39. The van der Waals surface area contributed by atoms with Gasteiger partial charge in [0.2, 0.25) is 11.8 Å². The molecule has 1 aromatic heterocycles. The lowest BCUT2D eigenvalue weighted by Gasteiger charge is -2.48. The zero-order chi connectivity index (χ0) is 39.8. The number of aromatic nitrogens is 1. The number of hydrogen-bond acceptors (Lipinski definition) is 8. The minimum absolute atomic E-state index is 0.0368. The number of methoxy groups -OCH3 is 1. The molecule has 11 nitrogen and oxygen atoms in total. The third kappa shape index (κ3) is 8.57. The van der Waals surface area contributed by atoms with Gasteiger partial charge < -0.3 is 30.3 Å². The summed E-state index contributed by atoms with van der Waals surface area (Å²) in [6, 6.07) is 17.8. The van der Waals surface area contributed by atoms with Gasteiger partial charge in [-0.25, -0.2) is 9.18 Å². The number of halogens is 3. The number of ether oxygens (including phenoxy) is 2. The van der Waals surface area contributed by atoms with Crippen molar-refractivity contribution in [1.29, 1.82) is 0 Å². The molecule has 3 aromatic carbocycles. The van der Waals surface area contributed by atoms with Crippen LogP contribution in [0.15, 0.2) is 66.9 Å². The quantitative estimate of drug-likeness (QED) is 0.139.